The van der Waals surface area contributed by atoms with Crippen LogP contribution in [0.15, 0.2) is 54.6 Å². The maximum atomic E-state index is 14.2. The number of amides is 3. The number of hydrogen-bond donors (Lipinski definition) is 1. The Morgan fingerprint density at radius 2 is 1.84 bits per heavy atom. The predicted molar refractivity (Wildman–Crippen MR) is 146 cm³/mol. The molecule has 0 radical (unpaired) electrons. The fourth-order valence-electron chi connectivity index (χ4n) is 6.60. The Morgan fingerprint density at radius 1 is 1.05 bits per heavy atom. The minimum absolute atomic E-state index is 0.0221. The molecule has 1 aromatic carbocycles. The van der Waals surface area contributed by atoms with Gasteiger partial charge in [-0.1, -0.05) is 55.8 Å². The van der Waals surface area contributed by atoms with Crippen molar-refractivity contribution in [2.75, 3.05) is 31.1 Å². The fourth-order valence-corrected chi connectivity index (χ4v) is 8.61. The number of unbranched alkanes of at least 4 members (excludes halogenated alkanes) is 1. The van der Waals surface area contributed by atoms with Crippen LogP contribution < -0.4 is 4.90 Å². The summed E-state index contributed by atoms with van der Waals surface area (Å²) in [5.41, 5.74) is 0.817. The summed E-state index contributed by atoms with van der Waals surface area (Å²) in [5, 5.41) is 9.20. The van der Waals surface area contributed by atoms with Gasteiger partial charge in [0.2, 0.25) is 17.7 Å². The van der Waals surface area contributed by atoms with Crippen LogP contribution in [0.5, 0.6) is 0 Å². The first-order chi connectivity index (χ1) is 17.9. The van der Waals surface area contributed by atoms with Crippen molar-refractivity contribution in [1.29, 1.82) is 0 Å². The van der Waals surface area contributed by atoms with E-state index in [1.807, 2.05) is 47.4 Å². The van der Waals surface area contributed by atoms with Crippen LogP contribution in [0, 0.1) is 11.8 Å². The van der Waals surface area contributed by atoms with Gasteiger partial charge in [0.05, 0.1) is 16.6 Å². The first-order valence-corrected chi connectivity index (χ1v) is 14.4. The summed E-state index contributed by atoms with van der Waals surface area (Å²) in [5.74, 6) is -1.33. The molecule has 5 rings (SSSR count). The van der Waals surface area contributed by atoms with E-state index in [9.17, 15) is 19.5 Å². The van der Waals surface area contributed by atoms with Gasteiger partial charge in [-0.3, -0.25) is 14.4 Å². The molecule has 2 fully saturated rings. The number of benzene rings is 1. The summed E-state index contributed by atoms with van der Waals surface area (Å²) in [7, 11) is 0. The molecule has 0 saturated carbocycles. The van der Waals surface area contributed by atoms with E-state index in [4.69, 9.17) is 0 Å². The lowest BCUT2D eigenvalue weighted by molar-refractivity contribution is -0.143. The van der Waals surface area contributed by atoms with Crippen molar-refractivity contribution in [3.8, 4) is 0 Å². The van der Waals surface area contributed by atoms with Gasteiger partial charge < -0.3 is 19.8 Å². The monoisotopic (exact) mass is 523 g/mol. The molecule has 4 heterocycles. The Kier molecular flexibility index (Phi) is 7.50. The van der Waals surface area contributed by atoms with E-state index in [1.54, 1.807) is 21.6 Å². The molecule has 3 amide bonds. The highest BCUT2D eigenvalue weighted by Gasteiger charge is 2.71. The molecule has 37 heavy (non-hydrogen) atoms. The summed E-state index contributed by atoms with van der Waals surface area (Å²) in [4.78, 5) is 48.0. The van der Waals surface area contributed by atoms with Crippen LogP contribution in [0.1, 0.15) is 39.5 Å². The number of anilines is 1. The van der Waals surface area contributed by atoms with Crippen LogP contribution in [0.4, 0.5) is 5.69 Å². The maximum absolute atomic E-state index is 14.2. The minimum atomic E-state index is -0.789. The number of carbonyl (C=O) groups excluding carboxylic acids is 3. The van der Waals surface area contributed by atoms with Crippen molar-refractivity contribution < 1.29 is 19.5 Å². The van der Waals surface area contributed by atoms with Crippen molar-refractivity contribution in [1.82, 2.24) is 9.80 Å². The number of likely N-dealkylation sites (tertiary alicyclic amines) is 1. The van der Waals surface area contributed by atoms with E-state index >= 15 is 0 Å². The summed E-state index contributed by atoms with van der Waals surface area (Å²) in [6.07, 6.45) is 11.3. The molecular weight excluding hydrogens is 486 g/mol. The summed E-state index contributed by atoms with van der Waals surface area (Å²) < 4.78 is -0.789. The van der Waals surface area contributed by atoms with E-state index in [0.29, 0.717) is 32.5 Å². The van der Waals surface area contributed by atoms with Crippen LogP contribution in [-0.2, 0) is 14.4 Å². The van der Waals surface area contributed by atoms with E-state index in [2.05, 4.69) is 26.0 Å². The minimum Gasteiger partial charge on any atom is -0.396 e. The van der Waals surface area contributed by atoms with Crippen LogP contribution in [-0.4, -0.2) is 80.9 Å². The first-order valence-electron chi connectivity index (χ1n) is 13.5. The van der Waals surface area contributed by atoms with Gasteiger partial charge in [-0.05, 0) is 38.3 Å². The van der Waals surface area contributed by atoms with Crippen LogP contribution >= 0.6 is 11.8 Å². The Hall–Kier alpha value is -2.58. The van der Waals surface area contributed by atoms with E-state index in [1.165, 1.54) is 0 Å². The number of thioether (sulfide) groups is 1. The molecule has 0 aromatic heterocycles. The number of carbonyl (C=O) groups is 3. The number of aliphatic hydroxyl groups excluding tert-OH is 1. The van der Waals surface area contributed by atoms with Gasteiger partial charge in [0, 0.05) is 43.2 Å². The zero-order valence-corrected chi connectivity index (χ0v) is 22.5. The number of para-hydroxylation sites is 1. The highest BCUT2D eigenvalue weighted by atomic mass is 32.2. The topological polar surface area (TPSA) is 81.2 Å². The largest absolute Gasteiger partial charge is 0.396 e. The molecule has 4 aliphatic heterocycles. The molecule has 6 atom stereocenters. The first kappa shape index (κ1) is 26.0. The van der Waals surface area contributed by atoms with E-state index in [0.717, 1.165) is 18.5 Å². The van der Waals surface area contributed by atoms with Crippen LogP contribution in [0.2, 0.25) is 0 Å². The standard InChI is InChI=1S/C29H37N3O4S/c1-3-11-20(2)30-18-10-15-29-24(27(35)32(16-7-8-19-33)25(29)28(30)36)23-22(37-29)14-9-17-31(26(23)34)21-12-5-4-6-13-21/h4-6,9-10,12-15,20,22-25,33H,3,7-8,11,16-19H2,1-2H3/t20?,22-,23+,24-,25?,29-/m0/s1. The molecule has 198 valence electrons. The summed E-state index contributed by atoms with van der Waals surface area (Å²) in [6.45, 7) is 5.62. The van der Waals surface area contributed by atoms with Gasteiger partial charge in [0.15, 0.2) is 0 Å². The lowest BCUT2D eigenvalue weighted by Gasteiger charge is -2.37. The number of nitrogens with zero attached hydrogens (tertiary/aromatic N) is 3. The summed E-state index contributed by atoms with van der Waals surface area (Å²) in [6, 6.07) is 9.02. The molecule has 2 unspecified atom stereocenters. The second kappa shape index (κ2) is 10.7. The molecule has 2 saturated heterocycles. The Bertz CT molecular complexity index is 1090. The number of aliphatic hydroxyl groups is 1. The third-order valence-corrected chi connectivity index (χ3v) is 10.0. The van der Waals surface area contributed by atoms with Crippen molar-refractivity contribution in [2.45, 2.75) is 61.6 Å². The highest BCUT2D eigenvalue weighted by molar-refractivity contribution is 8.02. The average Bonchev–Trinajstić information content (AvgIpc) is 3.20. The van der Waals surface area contributed by atoms with Gasteiger partial charge in [-0.2, -0.15) is 0 Å². The van der Waals surface area contributed by atoms with Crippen molar-refractivity contribution in [3.63, 3.8) is 0 Å². The van der Waals surface area contributed by atoms with Gasteiger partial charge in [0.1, 0.15) is 6.04 Å². The average molecular weight is 524 g/mol. The smallest absolute Gasteiger partial charge is 0.247 e. The SMILES string of the molecule is CCCC(C)N1CC=C[C@]23S[C@H]4C=CCN(c5ccccc5)C(=O)[C@H]4[C@H]2C(=O)N(CCCCO)C3C1=O. The lowest BCUT2D eigenvalue weighted by Crippen LogP contribution is -2.55. The molecular formula is C29H37N3O4S. The molecule has 8 heteroatoms. The van der Waals surface area contributed by atoms with Gasteiger partial charge in [0.25, 0.3) is 0 Å². The Balaban J connectivity index is 1.56. The van der Waals surface area contributed by atoms with Crippen molar-refractivity contribution in [2.24, 2.45) is 11.8 Å². The maximum Gasteiger partial charge on any atom is 0.247 e. The third kappa shape index (κ3) is 4.32. The lowest BCUT2D eigenvalue weighted by atomic mass is 9.78. The molecule has 1 N–H and O–H groups in total. The van der Waals surface area contributed by atoms with Gasteiger partial charge in [-0.25, -0.2) is 0 Å². The fraction of sp³-hybridized carbons (Fsp3) is 0.552. The van der Waals surface area contributed by atoms with Crippen LogP contribution in [0.3, 0.4) is 0 Å². The predicted octanol–water partition coefficient (Wildman–Crippen LogP) is 3.25. The quantitative estimate of drug-likeness (QED) is 0.418. The number of rotatable bonds is 8. The molecule has 1 aromatic rings. The molecule has 7 nitrogen and oxygen atoms in total. The zero-order valence-electron chi connectivity index (χ0n) is 21.7. The molecule has 4 aliphatic rings. The number of hydrogen-bond acceptors (Lipinski definition) is 5. The third-order valence-electron chi connectivity index (χ3n) is 8.30. The molecule has 1 spiro atoms. The van der Waals surface area contributed by atoms with Crippen LogP contribution in [0.25, 0.3) is 0 Å². The highest BCUT2D eigenvalue weighted by Crippen LogP contribution is 2.61. The summed E-state index contributed by atoms with van der Waals surface area (Å²) >= 11 is 1.62. The molecule has 0 aliphatic carbocycles. The second-order valence-electron chi connectivity index (χ2n) is 10.5. The number of fused-ring (bicyclic) bond motifs is 2. The van der Waals surface area contributed by atoms with E-state index < -0.39 is 22.6 Å². The van der Waals surface area contributed by atoms with Gasteiger partial charge >= 0.3 is 0 Å². The normalized spacial score (nSPS) is 31.8. The Morgan fingerprint density at radius 3 is 2.57 bits per heavy atom. The zero-order chi connectivity index (χ0) is 26.2. The van der Waals surface area contributed by atoms with Crippen molar-refractivity contribution in [3.05, 3.63) is 54.6 Å². The van der Waals surface area contributed by atoms with Gasteiger partial charge in [-0.15, -0.1) is 11.8 Å². The Labute approximate surface area is 223 Å². The van der Waals surface area contributed by atoms with Crippen molar-refractivity contribution >= 4 is 35.2 Å². The van der Waals surface area contributed by atoms with E-state index in [-0.39, 0.29) is 35.6 Å². The second-order valence-corrected chi connectivity index (χ2v) is 12.0. The molecule has 0 bridgehead atoms.